The lowest BCUT2D eigenvalue weighted by Gasteiger charge is -2.37. The van der Waals surface area contributed by atoms with Crippen LogP contribution in [-0.4, -0.2) is 65.9 Å². The smallest absolute Gasteiger partial charge is 0.379 e. The summed E-state index contributed by atoms with van der Waals surface area (Å²) >= 11 is 0. The average molecular weight is 291 g/mol. The first-order valence-corrected chi connectivity index (χ1v) is 9.34. The Balaban J connectivity index is 2.62. The molecule has 0 spiro atoms. The van der Waals surface area contributed by atoms with E-state index in [-0.39, 0.29) is 0 Å². The van der Waals surface area contributed by atoms with Gasteiger partial charge in [0, 0.05) is 45.0 Å². The molecule has 0 aromatic rings. The van der Waals surface area contributed by atoms with E-state index >= 15 is 0 Å². The molecule has 0 aliphatic carbocycles. The number of hydrogen-bond donors (Lipinski definition) is 0. The minimum absolute atomic E-state index is 0.403. The van der Waals surface area contributed by atoms with Crippen LogP contribution >= 0.6 is 0 Å². The first kappa shape index (κ1) is 17.1. The monoisotopic (exact) mass is 291 g/mol. The molecule has 1 aliphatic heterocycles. The molecule has 0 aromatic carbocycles. The standard InChI is InChI=1S/C13H29NO4Si/c1-5-16-19(17-6-2,18-7-3)12-13(4)14-8-10-15-11-9-14/h13H,5-12H2,1-4H3. The summed E-state index contributed by atoms with van der Waals surface area (Å²) in [7, 11) is -2.53. The van der Waals surface area contributed by atoms with Crippen molar-refractivity contribution < 1.29 is 18.0 Å². The maximum atomic E-state index is 5.91. The molecule has 1 rings (SSSR count). The maximum Gasteiger partial charge on any atom is 0.502 e. The Morgan fingerprint density at radius 2 is 1.47 bits per heavy atom. The number of hydrogen-bond acceptors (Lipinski definition) is 5. The van der Waals surface area contributed by atoms with Gasteiger partial charge < -0.3 is 18.0 Å². The van der Waals surface area contributed by atoms with Crippen LogP contribution in [0.25, 0.3) is 0 Å². The van der Waals surface area contributed by atoms with Gasteiger partial charge in [-0.1, -0.05) is 0 Å². The molecule has 6 heteroatoms. The van der Waals surface area contributed by atoms with Crippen LogP contribution in [0.3, 0.4) is 0 Å². The molecular weight excluding hydrogens is 262 g/mol. The SMILES string of the molecule is CCO[Si](CC(C)N1CCOCC1)(OCC)OCC. The van der Waals surface area contributed by atoms with Crippen molar-refractivity contribution in [2.75, 3.05) is 46.1 Å². The largest absolute Gasteiger partial charge is 0.502 e. The highest BCUT2D eigenvalue weighted by atomic mass is 28.4. The molecular formula is C13H29NO4Si. The Bertz CT molecular complexity index is 220. The summed E-state index contributed by atoms with van der Waals surface area (Å²) < 4.78 is 23.1. The first-order chi connectivity index (χ1) is 9.17. The maximum absolute atomic E-state index is 5.91. The van der Waals surface area contributed by atoms with Crippen LogP contribution in [0.2, 0.25) is 6.04 Å². The van der Waals surface area contributed by atoms with Crippen LogP contribution in [0.5, 0.6) is 0 Å². The zero-order valence-corrected chi connectivity index (χ0v) is 13.8. The van der Waals surface area contributed by atoms with Crippen LogP contribution < -0.4 is 0 Å². The molecule has 1 unspecified atom stereocenters. The molecule has 1 heterocycles. The van der Waals surface area contributed by atoms with Crippen LogP contribution in [0.15, 0.2) is 0 Å². The normalized spacial score (nSPS) is 19.6. The van der Waals surface area contributed by atoms with E-state index in [1.165, 1.54) is 0 Å². The quantitative estimate of drug-likeness (QED) is 0.605. The fraction of sp³-hybridized carbons (Fsp3) is 1.00. The van der Waals surface area contributed by atoms with E-state index < -0.39 is 8.80 Å². The highest BCUT2D eigenvalue weighted by molar-refractivity contribution is 6.60. The second kappa shape index (κ2) is 9.04. The lowest BCUT2D eigenvalue weighted by atomic mass is 10.3. The van der Waals surface area contributed by atoms with Crippen molar-refractivity contribution in [1.29, 1.82) is 0 Å². The first-order valence-electron chi connectivity index (χ1n) is 7.41. The van der Waals surface area contributed by atoms with Gasteiger partial charge in [-0.25, -0.2) is 0 Å². The van der Waals surface area contributed by atoms with Crippen molar-refractivity contribution in [2.24, 2.45) is 0 Å². The van der Waals surface area contributed by atoms with Crippen molar-refractivity contribution in [2.45, 2.75) is 39.8 Å². The fourth-order valence-electron chi connectivity index (χ4n) is 2.47. The topological polar surface area (TPSA) is 40.2 Å². The summed E-state index contributed by atoms with van der Waals surface area (Å²) in [5, 5.41) is 0. The summed E-state index contributed by atoms with van der Waals surface area (Å²) in [6.45, 7) is 13.7. The van der Waals surface area contributed by atoms with E-state index in [2.05, 4.69) is 11.8 Å². The van der Waals surface area contributed by atoms with Crippen LogP contribution in [0.4, 0.5) is 0 Å². The molecule has 1 saturated heterocycles. The van der Waals surface area contributed by atoms with E-state index in [1.54, 1.807) is 0 Å². The second-order valence-electron chi connectivity index (χ2n) is 4.68. The van der Waals surface area contributed by atoms with Gasteiger partial charge in [0.05, 0.1) is 13.2 Å². The van der Waals surface area contributed by atoms with Crippen molar-refractivity contribution in [3.05, 3.63) is 0 Å². The van der Waals surface area contributed by atoms with Gasteiger partial charge in [-0.15, -0.1) is 0 Å². The minimum Gasteiger partial charge on any atom is -0.379 e. The molecule has 0 radical (unpaired) electrons. The Morgan fingerprint density at radius 1 is 1.00 bits per heavy atom. The molecule has 1 fully saturated rings. The molecule has 0 aromatic heterocycles. The summed E-state index contributed by atoms with van der Waals surface area (Å²) in [4.78, 5) is 2.43. The van der Waals surface area contributed by atoms with E-state index in [1.807, 2.05) is 20.8 Å². The lowest BCUT2D eigenvalue weighted by Crippen LogP contribution is -2.52. The van der Waals surface area contributed by atoms with Gasteiger partial charge in [0.1, 0.15) is 0 Å². The third-order valence-electron chi connectivity index (χ3n) is 3.31. The highest BCUT2D eigenvalue weighted by Crippen LogP contribution is 2.21. The Hall–Kier alpha value is 0.0169. The van der Waals surface area contributed by atoms with Gasteiger partial charge >= 0.3 is 8.80 Å². The average Bonchev–Trinajstić information content (AvgIpc) is 2.40. The van der Waals surface area contributed by atoms with E-state index in [9.17, 15) is 0 Å². The van der Waals surface area contributed by atoms with Gasteiger partial charge in [0.25, 0.3) is 0 Å². The highest BCUT2D eigenvalue weighted by Gasteiger charge is 2.43. The van der Waals surface area contributed by atoms with Crippen LogP contribution in [0.1, 0.15) is 27.7 Å². The predicted molar refractivity (Wildman–Crippen MR) is 77.3 cm³/mol. The molecule has 0 amide bonds. The minimum atomic E-state index is -2.53. The fourth-order valence-corrected chi connectivity index (χ4v) is 5.38. The van der Waals surface area contributed by atoms with Gasteiger partial charge in [-0.2, -0.15) is 0 Å². The van der Waals surface area contributed by atoms with Gasteiger partial charge in [-0.3, -0.25) is 4.90 Å². The predicted octanol–water partition coefficient (Wildman–Crippen LogP) is 1.76. The van der Waals surface area contributed by atoms with E-state index in [0.29, 0.717) is 25.9 Å². The molecule has 0 saturated carbocycles. The second-order valence-corrected chi connectivity index (χ2v) is 7.32. The molecule has 5 nitrogen and oxygen atoms in total. The summed E-state index contributed by atoms with van der Waals surface area (Å²) in [6, 6.07) is 1.25. The summed E-state index contributed by atoms with van der Waals surface area (Å²) in [6.07, 6.45) is 0. The van der Waals surface area contributed by atoms with Gasteiger partial charge in [-0.05, 0) is 27.7 Å². The number of ether oxygens (including phenoxy) is 1. The third kappa shape index (κ3) is 5.49. The van der Waals surface area contributed by atoms with Crippen molar-refractivity contribution in [1.82, 2.24) is 4.90 Å². The zero-order valence-electron chi connectivity index (χ0n) is 12.8. The molecule has 19 heavy (non-hydrogen) atoms. The lowest BCUT2D eigenvalue weighted by molar-refractivity contribution is 0.0141. The Labute approximate surface area is 118 Å². The summed E-state index contributed by atoms with van der Waals surface area (Å²) in [5.41, 5.74) is 0. The molecule has 1 aliphatic rings. The van der Waals surface area contributed by atoms with Gasteiger partial charge in [0.15, 0.2) is 0 Å². The number of rotatable bonds is 9. The number of morpholine rings is 1. The van der Waals surface area contributed by atoms with E-state index in [4.69, 9.17) is 18.0 Å². The van der Waals surface area contributed by atoms with Gasteiger partial charge in [0.2, 0.25) is 0 Å². The number of nitrogens with zero attached hydrogens (tertiary/aromatic N) is 1. The van der Waals surface area contributed by atoms with E-state index in [0.717, 1.165) is 32.3 Å². The Morgan fingerprint density at radius 3 is 1.89 bits per heavy atom. The van der Waals surface area contributed by atoms with Crippen molar-refractivity contribution >= 4 is 8.80 Å². The molecule has 0 bridgehead atoms. The molecule has 114 valence electrons. The van der Waals surface area contributed by atoms with Crippen LogP contribution in [-0.2, 0) is 18.0 Å². The van der Waals surface area contributed by atoms with Crippen LogP contribution in [0, 0.1) is 0 Å². The Kier molecular flexibility index (Phi) is 8.13. The third-order valence-corrected chi connectivity index (χ3v) is 6.58. The van der Waals surface area contributed by atoms with Crippen molar-refractivity contribution in [3.8, 4) is 0 Å². The zero-order chi connectivity index (χ0) is 14.1. The molecule has 1 atom stereocenters. The molecule has 0 N–H and O–H groups in total. The summed E-state index contributed by atoms with van der Waals surface area (Å²) in [5.74, 6) is 0. The van der Waals surface area contributed by atoms with Crippen molar-refractivity contribution in [3.63, 3.8) is 0 Å².